The van der Waals surface area contributed by atoms with Crippen LogP contribution in [-0.4, -0.2) is 23.7 Å². The average Bonchev–Trinajstić information content (AvgIpc) is 2.48. The number of hydrogen-bond acceptors (Lipinski definition) is 4. The SMILES string of the molecule is O=C(COc1ccccc1)Oc1ccc(Cl)cc1C(=O)O. The summed E-state index contributed by atoms with van der Waals surface area (Å²) in [6.45, 7) is -0.328. The van der Waals surface area contributed by atoms with Crippen LogP contribution < -0.4 is 9.47 Å². The maximum absolute atomic E-state index is 11.7. The first-order valence-corrected chi connectivity index (χ1v) is 6.35. The molecule has 0 aliphatic rings. The van der Waals surface area contributed by atoms with E-state index in [0.717, 1.165) is 0 Å². The van der Waals surface area contributed by atoms with E-state index < -0.39 is 11.9 Å². The fourth-order valence-electron chi connectivity index (χ4n) is 1.57. The second-order valence-electron chi connectivity index (χ2n) is 4.02. The molecule has 6 heteroatoms. The van der Waals surface area contributed by atoms with E-state index in [1.165, 1.54) is 18.2 Å². The minimum Gasteiger partial charge on any atom is -0.482 e. The van der Waals surface area contributed by atoms with Gasteiger partial charge in [-0.25, -0.2) is 9.59 Å². The third-order valence-electron chi connectivity index (χ3n) is 2.50. The molecule has 2 rings (SSSR count). The van der Waals surface area contributed by atoms with Gasteiger partial charge in [-0.05, 0) is 30.3 Å². The zero-order valence-corrected chi connectivity index (χ0v) is 11.5. The van der Waals surface area contributed by atoms with Crippen molar-refractivity contribution in [2.45, 2.75) is 0 Å². The number of carboxylic acid groups (broad SMARTS) is 1. The zero-order valence-electron chi connectivity index (χ0n) is 10.8. The van der Waals surface area contributed by atoms with E-state index in [0.29, 0.717) is 5.75 Å². The van der Waals surface area contributed by atoms with Crippen LogP contribution in [0.15, 0.2) is 48.5 Å². The predicted molar refractivity (Wildman–Crippen MR) is 76.0 cm³/mol. The molecular weight excluding hydrogens is 296 g/mol. The summed E-state index contributed by atoms with van der Waals surface area (Å²) in [5.41, 5.74) is -0.185. The molecule has 0 saturated heterocycles. The van der Waals surface area contributed by atoms with Crippen molar-refractivity contribution < 1.29 is 24.2 Å². The van der Waals surface area contributed by atoms with E-state index in [-0.39, 0.29) is 22.9 Å². The van der Waals surface area contributed by atoms with Crippen LogP contribution in [0.5, 0.6) is 11.5 Å². The van der Waals surface area contributed by atoms with Gasteiger partial charge in [-0.1, -0.05) is 29.8 Å². The van der Waals surface area contributed by atoms with Crippen molar-refractivity contribution >= 4 is 23.5 Å². The molecule has 108 valence electrons. The molecule has 1 N–H and O–H groups in total. The van der Waals surface area contributed by atoms with Crippen molar-refractivity contribution in [2.75, 3.05) is 6.61 Å². The highest BCUT2D eigenvalue weighted by Gasteiger charge is 2.15. The Hall–Kier alpha value is -2.53. The van der Waals surface area contributed by atoms with Crippen molar-refractivity contribution in [3.8, 4) is 11.5 Å². The maximum Gasteiger partial charge on any atom is 0.349 e. The Labute approximate surface area is 125 Å². The third-order valence-corrected chi connectivity index (χ3v) is 2.73. The second-order valence-corrected chi connectivity index (χ2v) is 4.46. The Morgan fingerprint density at radius 3 is 2.48 bits per heavy atom. The first-order chi connectivity index (χ1) is 10.1. The molecule has 0 heterocycles. The lowest BCUT2D eigenvalue weighted by molar-refractivity contribution is -0.136. The zero-order chi connectivity index (χ0) is 15.2. The molecule has 0 atom stereocenters. The minimum absolute atomic E-state index is 0.0754. The quantitative estimate of drug-likeness (QED) is 0.679. The third kappa shape index (κ3) is 4.22. The van der Waals surface area contributed by atoms with Gasteiger partial charge in [-0.3, -0.25) is 0 Å². The molecule has 2 aromatic rings. The highest BCUT2D eigenvalue weighted by Crippen LogP contribution is 2.23. The summed E-state index contributed by atoms with van der Waals surface area (Å²) in [7, 11) is 0. The Morgan fingerprint density at radius 1 is 1.10 bits per heavy atom. The van der Waals surface area contributed by atoms with Crippen LogP contribution in [0.1, 0.15) is 10.4 Å². The highest BCUT2D eigenvalue weighted by atomic mass is 35.5. The van der Waals surface area contributed by atoms with Crippen molar-refractivity contribution in [2.24, 2.45) is 0 Å². The normalized spacial score (nSPS) is 9.95. The van der Waals surface area contributed by atoms with Gasteiger partial charge in [0.15, 0.2) is 6.61 Å². The minimum atomic E-state index is -1.23. The number of benzene rings is 2. The molecule has 0 saturated carbocycles. The summed E-state index contributed by atoms with van der Waals surface area (Å²) in [6.07, 6.45) is 0. The number of rotatable bonds is 5. The molecule has 21 heavy (non-hydrogen) atoms. The number of carboxylic acids is 1. The van der Waals surface area contributed by atoms with Crippen LogP contribution in [0.25, 0.3) is 0 Å². The molecule has 0 aliphatic heterocycles. The van der Waals surface area contributed by atoms with Gasteiger partial charge in [0.2, 0.25) is 0 Å². The summed E-state index contributed by atoms with van der Waals surface area (Å²) >= 11 is 5.71. The fraction of sp³-hybridized carbons (Fsp3) is 0.0667. The molecule has 0 bridgehead atoms. The van der Waals surface area contributed by atoms with Crippen molar-refractivity contribution in [3.63, 3.8) is 0 Å². The van der Waals surface area contributed by atoms with Crippen molar-refractivity contribution in [1.29, 1.82) is 0 Å². The Bertz CT molecular complexity index is 654. The largest absolute Gasteiger partial charge is 0.482 e. The molecular formula is C15H11ClO5. The van der Waals surface area contributed by atoms with Gasteiger partial charge < -0.3 is 14.6 Å². The fourth-order valence-corrected chi connectivity index (χ4v) is 1.74. The van der Waals surface area contributed by atoms with Crippen LogP contribution in [0.3, 0.4) is 0 Å². The molecule has 0 fully saturated rings. The van der Waals surface area contributed by atoms with Gasteiger partial charge >= 0.3 is 11.9 Å². The van der Waals surface area contributed by atoms with Crippen LogP contribution in [-0.2, 0) is 4.79 Å². The van der Waals surface area contributed by atoms with E-state index in [1.807, 2.05) is 6.07 Å². The monoisotopic (exact) mass is 306 g/mol. The Kier molecular flexibility index (Phi) is 4.79. The summed E-state index contributed by atoms with van der Waals surface area (Å²) in [5.74, 6) is -1.49. The highest BCUT2D eigenvalue weighted by molar-refractivity contribution is 6.31. The van der Waals surface area contributed by atoms with E-state index in [2.05, 4.69) is 0 Å². The topological polar surface area (TPSA) is 72.8 Å². The van der Waals surface area contributed by atoms with E-state index in [4.69, 9.17) is 26.2 Å². The van der Waals surface area contributed by atoms with Gasteiger partial charge in [-0.2, -0.15) is 0 Å². The number of carbonyl (C=O) groups excluding carboxylic acids is 1. The lowest BCUT2D eigenvalue weighted by Gasteiger charge is -2.09. The lowest BCUT2D eigenvalue weighted by atomic mass is 10.2. The number of para-hydroxylation sites is 1. The van der Waals surface area contributed by atoms with E-state index in [1.54, 1.807) is 24.3 Å². The summed E-state index contributed by atoms with van der Waals surface area (Å²) in [6, 6.07) is 12.7. The maximum atomic E-state index is 11.7. The van der Waals surface area contributed by atoms with Gasteiger partial charge in [-0.15, -0.1) is 0 Å². The molecule has 0 unspecified atom stereocenters. The van der Waals surface area contributed by atoms with Crippen LogP contribution in [0, 0.1) is 0 Å². The van der Waals surface area contributed by atoms with E-state index in [9.17, 15) is 9.59 Å². The molecule has 0 radical (unpaired) electrons. The van der Waals surface area contributed by atoms with Crippen LogP contribution in [0.4, 0.5) is 0 Å². The standard InChI is InChI=1S/C15H11ClO5/c16-10-6-7-13(12(8-10)15(18)19)21-14(17)9-20-11-4-2-1-3-5-11/h1-8H,9H2,(H,18,19). The van der Waals surface area contributed by atoms with Gasteiger partial charge in [0, 0.05) is 5.02 Å². The Morgan fingerprint density at radius 2 is 1.81 bits per heavy atom. The predicted octanol–water partition coefficient (Wildman–Crippen LogP) is 3.02. The van der Waals surface area contributed by atoms with Crippen molar-refractivity contribution in [3.05, 3.63) is 59.1 Å². The number of halogens is 1. The summed E-state index contributed by atoms with van der Waals surface area (Å²) in [5, 5.41) is 9.27. The van der Waals surface area contributed by atoms with E-state index >= 15 is 0 Å². The summed E-state index contributed by atoms with van der Waals surface area (Å²) < 4.78 is 10.2. The first-order valence-electron chi connectivity index (χ1n) is 5.97. The lowest BCUT2D eigenvalue weighted by Crippen LogP contribution is -2.19. The summed E-state index contributed by atoms with van der Waals surface area (Å²) in [4.78, 5) is 22.7. The number of aromatic carboxylic acids is 1. The van der Waals surface area contributed by atoms with Gasteiger partial charge in [0.25, 0.3) is 0 Å². The Balaban J connectivity index is 2.01. The number of esters is 1. The van der Waals surface area contributed by atoms with Gasteiger partial charge in [0.1, 0.15) is 17.1 Å². The first kappa shape index (κ1) is 14.9. The number of hydrogen-bond donors (Lipinski definition) is 1. The molecule has 0 amide bonds. The van der Waals surface area contributed by atoms with Crippen molar-refractivity contribution in [1.82, 2.24) is 0 Å². The second kappa shape index (κ2) is 6.76. The molecule has 0 spiro atoms. The smallest absolute Gasteiger partial charge is 0.349 e. The van der Waals surface area contributed by atoms with Crippen LogP contribution >= 0.6 is 11.6 Å². The van der Waals surface area contributed by atoms with Gasteiger partial charge in [0.05, 0.1) is 0 Å². The molecule has 5 nitrogen and oxygen atoms in total. The number of carbonyl (C=O) groups is 2. The molecule has 2 aromatic carbocycles. The molecule has 0 aliphatic carbocycles. The molecule has 0 aromatic heterocycles. The number of ether oxygens (including phenoxy) is 2. The average molecular weight is 307 g/mol. The van der Waals surface area contributed by atoms with Crippen LogP contribution in [0.2, 0.25) is 5.02 Å².